The maximum atomic E-state index is 8.86. The van der Waals surface area contributed by atoms with Crippen LogP contribution in [0, 0.1) is 17.3 Å². The monoisotopic (exact) mass is 316 g/mol. The molecule has 0 aliphatic carbocycles. The van der Waals surface area contributed by atoms with Crippen LogP contribution in [0.1, 0.15) is 99.3 Å². The molecule has 0 saturated carbocycles. The van der Waals surface area contributed by atoms with Crippen molar-refractivity contribution >= 4 is 0 Å². The van der Waals surface area contributed by atoms with Crippen LogP contribution in [-0.4, -0.2) is 23.4 Å². The lowest BCUT2D eigenvalue weighted by Gasteiger charge is -2.23. The lowest BCUT2D eigenvalue weighted by Crippen LogP contribution is -2.12. The Morgan fingerprint density at radius 1 is 0.773 bits per heavy atom. The Kier molecular flexibility index (Phi) is 17.4. The van der Waals surface area contributed by atoms with Crippen LogP contribution >= 0.6 is 0 Å². The van der Waals surface area contributed by atoms with Crippen molar-refractivity contribution in [3.05, 3.63) is 0 Å². The summed E-state index contributed by atoms with van der Waals surface area (Å²) >= 11 is 0. The van der Waals surface area contributed by atoms with Crippen LogP contribution in [0.4, 0.5) is 0 Å². The third kappa shape index (κ3) is 16.3. The second-order valence-electron chi connectivity index (χ2n) is 7.73. The van der Waals surface area contributed by atoms with E-state index >= 15 is 0 Å². The number of aliphatic hydroxyl groups is 2. The van der Waals surface area contributed by atoms with Crippen LogP contribution < -0.4 is 0 Å². The van der Waals surface area contributed by atoms with Crippen LogP contribution in [0.25, 0.3) is 0 Å². The SMILES string of the molecule is CCCCCC(C)(C)CCO.CCCCCC(C)C(C)CO. The average Bonchev–Trinajstić information content (AvgIpc) is 2.47. The predicted molar refractivity (Wildman–Crippen MR) is 99.2 cm³/mol. The second-order valence-corrected chi connectivity index (χ2v) is 7.73. The van der Waals surface area contributed by atoms with Crippen molar-refractivity contribution in [3.8, 4) is 0 Å². The van der Waals surface area contributed by atoms with Crippen molar-refractivity contribution in [2.75, 3.05) is 13.2 Å². The lowest BCUT2D eigenvalue weighted by molar-refractivity contribution is 0.189. The first kappa shape index (κ1) is 24.2. The molecule has 0 amide bonds. The summed E-state index contributed by atoms with van der Waals surface area (Å²) in [5.74, 6) is 1.17. The molecule has 0 saturated heterocycles. The van der Waals surface area contributed by atoms with Gasteiger partial charge in [-0.15, -0.1) is 0 Å². The van der Waals surface area contributed by atoms with E-state index in [-0.39, 0.29) is 0 Å². The molecule has 0 fully saturated rings. The van der Waals surface area contributed by atoms with Gasteiger partial charge in [0.1, 0.15) is 0 Å². The number of hydrogen-bond donors (Lipinski definition) is 2. The highest BCUT2D eigenvalue weighted by atomic mass is 16.3. The Hall–Kier alpha value is -0.0800. The maximum absolute atomic E-state index is 8.86. The molecule has 22 heavy (non-hydrogen) atoms. The fraction of sp³-hybridized carbons (Fsp3) is 1.00. The molecule has 136 valence electrons. The minimum Gasteiger partial charge on any atom is -0.396 e. The highest BCUT2D eigenvalue weighted by Gasteiger charge is 2.15. The molecular weight excluding hydrogens is 272 g/mol. The van der Waals surface area contributed by atoms with E-state index in [1.807, 2.05) is 0 Å². The van der Waals surface area contributed by atoms with E-state index in [0.717, 1.165) is 6.42 Å². The smallest absolute Gasteiger partial charge is 0.0459 e. The van der Waals surface area contributed by atoms with Gasteiger partial charge in [-0.3, -0.25) is 0 Å². The molecule has 0 aromatic carbocycles. The summed E-state index contributed by atoms with van der Waals surface area (Å²) < 4.78 is 0. The fourth-order valence-electron chi connectivity index (χ4n) is 2.46. The van der Waals surface area contributed by atoms with Gasteiger partial charge in [-0.05, 0) is 30.1 Å². The molecule has 0 heterocycles. The molecule has 0 rings (SSSR count). The Morgan fingerprint density at radius 2 is 1.32 bits per heavy atom. The van der Waals surface area contributed by atoms with Crippen LogP contribution in [0.5, 0.6) is 0 Å². The summed E-state index contributed by atoms with van der Waals surface area (Å²) in [5.41, 5.74) is 0.351. The van der Waals surface area contributed by atoms with Gasteiger partial charge >= 0.3 is 0 Å². The number of hydrogen-bond acceptors (Lipinski definition) is 2. The van der Waals surface area contributed by atoms with E-state index in [1.165, 1.54) is 51.4 Å². The molecule has 2 unspecified atom stereocenters. The molecule has 0 aliphatic rings. The van der Waals surface area contributed by atoms with Gasteiger partial charge in [-0.25, -0.2) is 0 Å². The van der Waals surface area contributed by atoms with E-state index < -0.39 is 0 Å². The lowest BCUT2D eigenvalue weighted by atomic mass is 9.84. The topological polar surface area (TPSA) is 40.5 Å². The Labute approximate surface area is 140 Å². The minimum atomic E-state index is 0.332. The zero-order valence-corrected chi connectivity index (χ0v) is 16.3. The molecule has 0 bridgehead atoms. The first-order chi connectivity index (χ1) is 10.3. The van der Waals surface area contributed by atoms with Gasteiger partial charge < -0.3 is 10.2 Å². The molecular formula is C20H44O2. The van der Waals surface area contributed by atoms with Gasteiger partial charge in [0.2, 0.25) is 0 Å². The average molecular weight is 317 g/mol. The van der Waals surface area contributed by atoms with Crippen LogP contribution in [0.2, 0.25) is 0 Å². The van der Waals surface area contributed by atoms with Gasteiger partial charge in [0.05, 0.1) is 0 Å². The van der Waals surface area contributed by atoms with Crippen molar-refractivity contribution in [1.82, 2.24) is 0 Å². The molecule has 0 aromatic heterocycles. The molecule has 0 spiro atoms. The van der Waals surface area contributed by atoms with Crippen LogP contribution in [-0.2, 0) is 0 Å². The van der Waals surface area contributed by atoms with E-state index in [1.54, 1.807) is 0 Å². The zero-order valence-electron chi connectivity index (χ0n) is 16.3. The van der Waals surface area contributed by atoms with E-state index in [4.69, 9.17) is 10.2 Å². The Balaban J connectivity index is 0. The highest BCUT2D eigenvalue weighted by molar-refractivity contribution is 4.67. The zero-order chi connectivity index (χ0) is 17.4. The van der Waals surface area contributed by atoms with Crippen molar-refractivity contribution in [2.45, 2.75) is 99.3 Å². The summed E-state index contributed by atoms with van der Waals surface area (Å²) in [6.07, 6.45) is 11.3. The van der Waals surface area contributed by atoms with Gasteiger partial charge in [-0.2, -0.15) is 0 Å². The van der Waals surface area contributed by atoms with E-state index in [2.05, 4.69) is 41.5 Å². The highest BCUT2D eigenvalue weighted by Crippen LogP contribution is 2.27. The molecule has 0 aromatic rings. The first-order valence-electron chi connectivity index (χ1n) is 9.56. The molecule has 2 nitrogen and oxygen atoms in total. The third-order valence-electron chi connectivity index (χ3n) is 4.77. The van der Waals surface area contributed by atoms with Crippen molar-refractivity contribution in [2.24, 2.45) is 17.3 Å². The summed E-state index contributed by atoms with van der Waals surface area (Å²) in [4.78, 5) is 0. The molecule has 0 radical (unpaired) electrons. The van der Waals surface area contributed by atoms with Gasteiger partial charge in [0.25, 0.3) is 0 Å². The standard InChI is InChI=1S/2C10H22O/c1-4-5-6-7-10(2,3)8-9-11;1-4-5-6-7-9(2)10(3)8-11/h11H,4-9H2,1-3H3;9-11H,4-8H2,1-3H3. The summed E-state index contributed by atoms with van der Waals surface area (Å²) in [6, 6.07) is 0. The number of unbranched alkanes of at least 4 members (excludes halogenated alkanes) is 4. The third-order valence-corrected chi connectivity index (χ3v) is 4.77. The van der Waals surface area contributed by atoms with Gasteiger partial charge in [-0.1, -0.05) is 86.5 Å². The maximum Gasteiger partial charge on any atom is 0.0459 e. The van der Waals surface area contributed by atoms with E-state index in [9.17, 15) is 0 Å². The second kappa shape index (κ2) is 15.8. The van der Waals surface area contributed by atoms with Gasteiger partial charge in [0.15, 0.2) is 0 Å². The summed E-state index contributed by atoms with van der Waals surface area (Å²) in [6.45, 7) is 13.9. The number of rotatable bonds is 12. The summed E-state index contributed by atoms with van der Waals surface area (Å²) in [5, 5.41) is 17.6. The largest absolute Gasteiger partial charge is 0.396 e. The van der Waals surface area contributed by atoms with Gasteiger partial charge in [0, 0.05) is 13.2 Å². The quantitative estimate of drug-likeness (QED) is 0.446. The first-order valence-corrected chi connectivity index (χ1v) is 9.56. The van der Waals surface area contributed by atoms with Crippen LogP contribution in [0.3, 0.4) is 0 Å². The van der Waals surface area contributed by atoms with Crippen molar-refractivity contribution in [1.29, 1.82) is 0 Å². The van der Waals surface area contributed by atoms with Crippen molar-refractivity contribution in [3.63, 3.8) is 0 Å². The molecule has 0 aliphatic heterocycles. The predicted octanol–water partition coefficient (Wildman–Crippen LogP) is 5.81. The Bertz CT molecular complexity index is 214. The molecule has 2 atom stereocenters. The summed E-state index contributed by atoms with van der Waals surface area (Å²) in [7, 11) is 0. The Morgan fingerprint density at radius 3 is 1.77 bits per heavy atom. The fourth-order valence-corrected chi connectivity index (χ4v) is 2.46. The molecule has 2 heteroatoms. The molecule has 2 N–H and O–H groups in total. The normalized spacial score (nSPS) is 14.2. The minimum absolute atomic E-state index is 0.332. The van der Waals surface area contributed by atoms with E-state index in [0.29, 0.717) is 30.5 Å². The number of aliphatic hydroxyl groups excluding tert-OH is 2. The van der Waals surface area contributed by atoms with Crippen LogP contribution in [0.15, 0.2) is 0 Å². The van der Waals surface area contributed by atoms with Crippen molar-refractivity contribution < 1.29 is 10.2 Å².